The lowest BCUT2D eigenvalue weighted by atomic mass is 9.99. The lowest BCUT2D eigenvalue weighted by Crippen LogP contribution is -2.30. The van der Waals surface area contributed by atoms with Crippen molar-refractivity contribution in [3.05, 3.63) is 44.4 Å². The first-order chi connectivity index (χ1) is 10.5. The van der Waals surface area contributed by atoms with Crippen LogP contribution in [0.25, 0.3) is 0 Å². The van der Waals surface area contributed by atoms with E-state index in [-0.39, 0.29) is 12.6 Å². The van der Waals surface area contributed by atoms with Crippen molar-refractivity contribution in [2.45, 2.75) is 19.4 Å². The van der Waals surface area contributed by atoms with Gasteiger partial charge in [-0.3, -0.25) is 0 Å². The molecule has 0 saturated heterocycles. The molecule has 7 heteroatoms. The molecular weight excluding hydrogens is 324 g/mol. The summed E-state index contributed by atoms with van der Waals surface area (Å²) in [6.07, 6.45) is 0.891. The maximum absolute atomic E-state index is 10.8. The number of hydrogen-bond acceptors (Lipinski definition) is 5. The number of hydrogen-bond donors (Lipinski definition) is 2. The summed E-state index contributed by atoms with van der Waals surface area (Å²) in [5, 5.41) is 13.9. The first-order valence-corrected chi connectivity index (χ1v) is 8.07. The van der Waals surface area contributed by atoms with E-state index in [0.29, 0.717) is 10.8 Å². The van der Waals surface area contributed by atoms with E-state index in [0.717, 1.165) is 34.1 Å². The Morgan fingerprint density at radius 2 is 2.41 bits per heavy atom. The largest absolute Gasteiger partial charge is 0.482 e. The molecule has 116 valence electrons. The molecule has 1 aliphatic heterocycles. The number of thiazole rings is 1. The Labute approximate surface area is 136 Å². The molecule has 0 aliphatic carbocycles. The Balaban J connectivity index is 2.00. The van der Waals surface area contributed by atoms with Crippen molar-refractivity contribution in [2.24, 2.45) is 0 Å². The molecule has 0 saturated carbocycles. The quantitative estimate of drug-likeness (QED) is 0.897. The summed E-state index contributed by atoms with van der Waals surface area (Å²) in [6.45, 7) is 2.42. The normalized spacial score (nSPS) is 17.1. The number of nitrogens with zero attached hydrogens (tertiary/aromatic N) is 1. The summed E-state index contributed by atoms with van der Waals surface area (Å²) < 4.78 is 5.41. The second kappa shape index (κ2) is 6.24. The van der Waals surface area contributed by atoms with Crippen LogP contribution >= 0.6 is 22.9 Å². The third-order valence-corrected chi connectivity index (χ3v) is 4.75. The first kappa shape index (κ1) is 15.3. The SMILES string of the molecule is Cc1nc2c(s1)C(c1cc(Cl)ccc1OCC(=O)O)NCC2. The van der Waals surface area contributed by atoms with Crippen molar-refractivity contribution >= 4 is 28.9 Å². The van der Waals surface area contributed by atoms with E-state index in [4.69, 9.17) is 21.4 Å². The molecule has 1 aromatic heterocycles. The molecule has 0 bridgehead atoms. The molecule has 0 spiro atoms. The van der Waals surface area contributed by atoms with Crippen LogP contribution in [-0.2, 0) is 11.2 Å². The Bertz CT molecular complexity index is 717. The predicted octanol–water partition coefficient (Wildman–Crippen LogP) is 2.80. The van der Waals surface area contributed by atoms with Crippen molar-refractivity contribution in [2.75, 3.05) is 13.2 Å². The van der Waals surface area contributed by atoms with Crippen molar-refractivity contribution in [1.29, 1.82) is 0 Å². The molecule has 2 heterocycles. The van der Waals surface area contributed by atoms with E-state index in [9.17, 15) is 4.79 Å². The topological polar surface area (TPSA) is 71.5 Å². The highest BCUT2D eigenvalue weighted by molar-refractivity contribution is 7.11. The minimum atomic E-state index is -1.01. The summed E-state index contributed by atoms with van der Waals surface area (Å²) in [5.74, 6) is -0.477. The van der Waals surface area contributed by atoms with Gasteiger partial charge in [-0.25, -0.2) is 9.78 Å². The Hall–Kier alpha value is -1.63. The number of rotatable bonds is 4. The van der Waals surface area contributed by atoms with Gasteiger partial charge in [0.25, 0.3) is 0 Å². The molecule has 0 fully saturated rings. The smallest absolute Gasteiger partial charge is 0.341 e. The summed E-state index contributed by atoms with van der Waals surface area (Å²) in [5.41, 5.74) is 1.94. The summed E-state index contributed by atoms with van der Waals surface area (Å²) in [6, 6.07) is 5.16. The zero-order valence-electron chi connectivity index (χ0n) is 11.9. The lowest BCUT2D eigenvalue weighted by molar-refractivity contribution is -0.139. The van der Waals surface area contributed by atoms with Gasteiger partial charge >= 0.3 is 5.97 Å². The molecule has 1 atom stereocenters. The van der Waals surface area contributed by atoms with Gasteiger partial charge in [0, 0.05) is 28.4 Å². The van der Waals surface area contributed by atoms with Crippen molar-refractivity contribution in [3.8, 4) is 5.75 Å². The fourth-order valence-electron chi connectivity index (χ4n) is 2.59. The number of carboxylic acids is 1. The van der Waals surface area contributed by atoms with Crippen LogP contribution in [0.4, 0.5) is 0 Å². The van der Waals surface area contributed by atoms with Crippen LogP contribution in [0.2, 0.25) is 5.02 Å². The Morgan fingerprint density at radius 3 is 3.18 bits per heavy atom. The maximum Gasteiger partial charge on any atom is 0.341 e. The van der Waals surface area contributed by atoms with Gasteiger partial charge in [-0.15, -0.1) is 11.3 Å². The summed E-state index contributed by atoms with van der Waals surface area (Å²) in [4.78, 5) is 16.5. The molecular formula is C15H15ClN2O3S. The third kappa shape index (κ3) is 3.09. The van der Waals surface area contributed by atoms with E-state index >= 15 is 0 Å². The molecule has 0 radical (unpaired) electrons. The van der Waals surface area contributed by atoms with Gasteiger partial charge in [0.2, 0.25) is 0 Å². The second-order valence-corrected chi connectivity index (χ2v) is 6.72. The van der Waals surface area contributed by atoms with Gasteiger partial charge in [-0.2, -0.15) is 0 Å². The third-order valence-electron chi connectivity index (χ3n) is 3.44. The van der Waals surface area contributed by atoms with E-state index < -0.39 is 5.97 Å². The van der Waals surface area contributed by atoms with Crippen LogP contribution < -0.4 is 10.1 Å². The fourth-order valence-corrected chi connectivity index (χ4v) is 3.83. The summed E-state index contributed by atoms with van der Waals surface area (Å²) >= 11 is 7.76. The second-order valence-electron chi connectivity index (χ2n) is 5.05. The summed E-state index contributed by atoms with van der Waals surface area (Å²) in [7, 11) is 0. The monoisotopic (exact) mass is 338 g/mol. The molecule has 1 aromatic carbocycles. The number of ether oxygens (including phenoxy) is 1. The molecule has 1 aliphatic rings. The number of aliphatic carboxylic acids is 1. The molecule has 0 amide bonds. The number of halogens is 1. The highest BCUT2D eigenvalue weighted by atomic mass is 35.5. The zero-order valence-corrected chi connectivity index (χ0v) is 13.5. The van der Waals surface area contributed by atoms with E-state index in [1.54, 1.807) is 23.5 Å². The van der Waals surface area contributed by atoms with Crippen LogP contribution in [-0.4, -0.2) is 29.2 Å². The van der Waals surface area contributed by atoms with E-state index in [2.05, 4.69) is 10.3 Å². The maximum atomic E-state index is 10.8. The van der Waals surface area contributed by atoms with Gasteiger partial charge < -0.3 is 15.2 Å². The molecule has 2 N–H and O–H groups in total. The van der Waals surface area contributed by atoms with Crippen molar-refractivity contribution in [3.63, 3.8) is 0 Å². The molecule has 2 aromatic rings. The average molecular weight is 339 g/mol. The number of aryl methyl sites for hydroxylation is 1. The standard InChI is InChI=1S/C15H15ClN2O3S/c1-8-18-11-4-5-17-14(15(11)22-8)10-6-9(16)2-3-12(10)21-7-13(19)20/h2-3,6,14,17H,4-5,7H2,1H3,(H,19,20). The average Bonchev–Trinajstić information content (AvgIpc) is 2.85. The van der Waals surface area contributed by atoms with Gasteiger partial charge in [0.15, 0.2) is 6.61 Å². The fraction of sp³-hybridized carbons (Fsp3) is 0.333. The highest BCUT2D eigenvalue weighted by Gasteiger charge is 2.27. The van der Waals surface area contributed by atoms with Crippen molar-refractivity contribution < 1.29 is 14.6 Å². The van der Waals surface area contributed by atoms with Crippen LogP contribution in [0, 0.1) is 6.92 Å². The zero-order chi connectivity index (χ0) is 15.7. The van der Waals surface area contributed by atoms with Crippen LogP contribution in [0.5, 0.6) is 5.75 Å². The molecule has 1 unspecified atom stereocenters. The van der Waals surface area contributed by atoms with Crippen molar-refractivity contribution in [1.82, 2.24) is 10.3 Å². The number of benzene rings is 1. The van der Waals surface area contributed by atoms with Gasteiger partial charge in [0.05, 0.1) is 16.7 Å². The molecule has 22 heavy (non-hydrogen) atoms. The van der Waals surface area contributed by atoms with E-state index in [1.807, 2.05) is 13.0 Å². The number of aromatic nitrogens is 1. The number of fused-ring (bicyclic) bond motifs is 1. The van der Waals surface area contributed by atoms with Gasteiger partial charge in [0.1, 0.15) is 5.75 Å². The van der Waals surface area contributed by atoms with Gasteiger partial charge in [-0.1, -0.05) is 11.6 Å². The minimum absolute atomic E-state index is 0.0718. The Morgan fingerprint density at radius 1 is 1.59 bits per heavy atom. The van der Waals surface area contributed by atoms with Crippen LogP contribution in [0.3, 0.4) is 0 Å². The van der Waals surface area contributed by atoms with Gasteiger partial charge in [-0.05, 0) is 25.1 Å². The predicted molar refractivity (Wildman–Crippen MR) is 85.0 cm³/mol. The molecule has 5 nitrogen and oxygen atoms in total. The highest BCUT2D eigenvalue weighted by Crippen LogP contribution is 2.38. The van der Waals surface area contributed by atoms with E-state index in [1.165, 1.54) is 0 Å². The Kier molecular flexibility index (Phi) is 4.33. The lowest BCUT2D eigenvalue weighted by Gasteiger charge is -2.25. The van der Waals surface area contributed by atoms with Crippen LogP contribution in [0.1, 0.15) is 27.2 Å². The van der Waals surface area contributed by atoms with Crippen LogP contribution in [0.15, 0.2) is 18.2 Å². The number of carboxylic acid groups (broad SMARTS) is 1. The number of nitrogens with one attached hydrogen (secondary N) is 1. The first-order valence-electron chi connectivity index (χ1n) is 6.88. The molecule has 3 rings (SSSR count). The number of carbonyl (C=O) groups is 1. The minimum Gasteiger partial charge on any atom is -0.482 e.